The second-order valence-corrected chi connectivity index (χ2v) is 4.41. The highest BCUT2D eigenvalue weighted by Crippen LogP contribution is 2.21. The van der Waals surface area contributed by atoms with Gasteiger partial charge in [-0.05, 0) is 19.4 Å². The maximum absolute atomic E-state index is 8.36. The monoisotopic (exact) mass is 245 g/mol. The first-order valence-electron chi connectivity index (χ1n) is 6.02. The molecular formula is C11H23N3O3. The van der Waals surface area contributed by atoms with E-state index in [0.29, 0.717) is 18.9 Å². The molecule has 0 radical (unpaired) electrons. The molecule has 1 unspecified atom stereocenters. The summed E-state index contributed by atoms with van der Waals surface area (Å²) >= 11 is 0. The molecule has 0 aromatic heterocycles. The topological polar surface area (TPSA) is 89.1 Å². The van der Waals surface area contributed by atoms with Crippen LogP contribution in [-0.2, 0) is 9.47 Å². The van der Waals surface area contributed by atoms with Gasteiger partial charge in [-0.2, -0.15) is 0 Å². The molecule has 17 heavy (non-hydrogen) atoms. The SMILES string of the molecule is COC1(CNCCCCC(N)=NO)CCOC1. The van der Waals surface area contributed by atoms with Gasteiger partial charge >= 0.3 is 0 Å². The Morgan fingerprint density at radius 1 is 1.59 bits per heavy atom. The number of ether oxygens (including phenoxy) is 2. The fourth-order valence-electron chi connectivity index (χ4n) is 1.88. The lowest BCUT2D eigenvalue weighted by Gasteiger charge is -2.26. The normalized spacial score (nSPS) is 25.4. The van der Waals surface area contributed by atoms with Crippen LogP contribution in [0.5, 0.6) is 0 Å². The second-order valence-electron chi connectivity index (χ2n) is 4.41. The Balaban J connectivity index is 2.03. The predicted octanol–water partition coefficient (Wildman–Crippen LogP) is 0.298. The third kappa shape index (κ3) is 4.89. The van der Waals surface area contributed by atoms with Crippen molar-refractivity contribution in [1.82, 2.24) is 5.32 Å². The van der Waals surface area contributed by atoms with E-state index < -0.39 is 0 Å². The van der Waals surface area contributed by atoms with Gasteiger partial charge in [-0.1, -0.05) is 5.16 Å². The molecule has 1 aliphatic heterocycles. The zero-order valence-corrected chi connectivity index (χ0v) is 10.4. The Hall–Kier alpha value is -0.850. The predicted molar refractivity (Wildman–Crippen MR) is 65.3 cm³/mol. The summed E-state index contributed by atoms with van der Waals surface area (Å²) in [6.45, 7) is 3.16. The number of rotatable bonds is 8. The van der Waals surface area contributed by atoms with Gasteiger partial charge in [-0.25, -0.2) is 0 Å². The van der Waals surface area contributed by atoms with E-state index in [9.17, 15) is 0 Å². The molecule has 0 aromatic carbocycles. The summed E-state index contributed by atoms with van der Waals surface area (Å²) in [5.74, 6) is 0.294. The number of methoxy groups -OCH3 is 1. The maximum Gasteiger partial charge on any atom is 0.139 e. The molecule has 1 heterocycles. The summed E-state index contributed by atoms with van der Waals surface area (Å²) in [5.41, 5.74) is 5.23. The van der Waals surface area contributed by atoms with Crippen LogP contribution in [0.25, 0.3) is 0 Å². The van der Waals surface area contributed by atoms with Gasteiger partial charge in [-0.3, -0.25) is 0 Å². The van der Waals surface area contributed by atoms with Crippen molar-refractivity contribution in [1.29, 1.82) is 0 Å². The van der Waals surface area contributed by atoms with Crippen molar-refractivity contribution >= 4 is 5.84 Å². The average Bonchev–Trinajstić information content (AvgIpc) is 2.82. The summed E-state index contributed by atoms with van der Waals surface area (Å²) < 4.78 is 10.9. The van der Waals surface area contributed by atoms with Gasteiger partial charge in [0.15, 0.2) is 0 Å². The van der Waals surface area contributed by atoms with Gasteiger partial charge < -0.3 is 25.7 Å². The van der Waals surface area contributed by atoms with Crippen LogP contribution >= 0.6 is 0 Å². The molecule has 6 heteroatoms. The van der Waals surface area contributed by atoms with Crippen LogP contribution in [0, 0.1) is 0 Å². The van der Waals surface area contributed by atoms with Crippen LogP contribution < -0.4 is 11.1 Å². The highest BCUT2D eigenvalue weighted by Gasteiger charge is 2.34. The zero-order valence-electron chi connectivity index (χ0n) is 10.4. The van der Waals surface area contributed by atoms with E-state index in [4.69, 9.17) is 20.4 Å². The zero-order chi connectivity index (χ0) is 12.6. The van der Waals surface area contributed by atoms with Crippen molar-refractivity contribution in [2.75, 3.05) is 33.4 Å². The van der Waals surface area contributed by atoms with E-state index in [0.717, 1.165) is 39.0 Å². The fraction of sp³-hybridized carbons (Fsp3) is 0.909. The minimum atomic E-state index is -0.147. The molecule has 100 valence electrons. The van der Waals surface area contributed by atoms with Gasteiger partial charge in [0.25, 0.3) is 0 Å². The van der Waals surface area contributed by atoms with E-state index in [1.807, 2.05) is 0 Å². The maximum atomic E-state index is 8.36. The summed E-state index contributed by atoms with van der Waals surface area (Å²) in [4.78, 5) is 0. The standard InChI is InChI=1S/C11H23N3O3/c1-16-11(5-7-17-9-11)8-13-6-3-2-4-10(12)14-15/h13,15H,2-9H2,1H3,(H2,12,14). The molecule has 4 N–H and O–H groups in total. The van der Waals surface area contributed by atoms with Crippen molar-refractivity contribution < 1.29 is 14.7 Å². The number of nitrogens with zero attached hydrogens (tertiary/aromatic N) is 1. The summed E-state index contributed by atoms with van der Waals surface area (Å²) in [5, 5.41) is 14.7. The lowest BCUT2D eigenvalue weighted by atomic mass is 10.0. The molecule has 0 amide bonds. The number of hydrogen-bond acceptors (Lipinski definition) is 5. The third-order valence-corrected chi connectivity index (χ3v) is 3.11. The molecular weight excluding hydrogens is 222 g/mol. The fourth-order valence-corrected chi connectivity index (χ4v) is 1.88. The first-order chi connectivity index (χ1) is 8.22. The molecule has 1 aliphatic rings. The van der Waals surface area contributed by atoms with Gasteiger partial charge in [0.2, 0.25) is 0 Å². The molecule has 0 spiro atoms. The number of oxime groups is 1. The van der Waals surface area contributed by atoms with Gasteiger partial charge in [0.05, 0.1) is 6.61 Å². The molecule has 1 fully saturated rings. The first kappa shape index (κ1) is 14.2. The van der Waals surface area contributed by atoms with Gasteiger partial charge in [-0.15, -0.1) is 0 Å². The van der Waals surface area contributed by atoms with E-state index in [1.54, 1.807) is 7.11 Å². The molecule has 1 rings (SSSR count). The average molecular weight is 245 g/mol. The quantitative estimate of drug-likeness (QED) is 0.188. The Morgan fingerprint density at radius 3 is 3.00 bits per heavy atom. The molecule has 6 nitrogen and oxygen atoms in total. The summed E-state index contributed by atoms with van der Waals surface area (Å²) in [7, 11) is 1.73. The van der Waals surface area contributed by atoms with Crippen LogP contribution in [0.3, 0.4) is 0 Å². The van der Waals surface area contributed by atoms with Crippen LogP contribution in [-0.4, -0.2) is 50.1 Å². The van der Waals surface area contributed by atoms with E-state index in [-0.39, 0.29) is 5.60 Å². The first-order valence-corrected chi connectivity index (χ1v) is 6.02. The Morgan fingerprint density at radius 2 is 2.41 bits per heavy atom. The van der Waals surface area contributed by atoms with E-state index in [1.165, 1.54) is 0 Å². The van der Waals surface area contributed by atoms with Crippen molar-refractivity contribution in [3.63, 3.8) is 0 Å². The van der Waals surface area contributed by atoms with E-state index in [2.05, 4.69) is 10.5 Å². The molecule has 1 atom stereocenters. The van der Waals surface area contributed by atoms with Crippen molar-refractivity contribution in [2.45, 2.75) is 31.3 Å². The Labute approximate surface area is 102 Å². The van der Waals surface area contributed by atoms with Crippen molar-refractivity contribution in [3.05, 3.63) is 0 Å². The van der Waals surface area contributed by atoms with Crippen molar-refractivity contribution in [3.8, 4) is 0 Å². The van der Waals surface area contributed by atoms with Gasteiger partial charge in [0, 0.05) is 33.1 Å². The third-order valence-electron chi connectivity index (χ3n) is 3.11. The lowest BCUT2D eigenvalue weighted by molar-refractivity contribution is -0.0156. The van der Waals surface area contributed by atoms with Crippen LogP contribution in [0.4, 0.5) is 0 Å². The van der Waals surface area contributed by atoms with Crippen LogP contribution in [0.15, 0.2) is 5.16 Å². The highest BCUT2D eigenvalue weighted by atomic mass is 16.5. The molecule has 1 saturated heterocycles. The number of amidine groups is 1. The molecule has 0 aliphatic carbocycles. The summed E-state index contributed by atoms with van der Waals surface area (Å²) in [6.07, 6.45) is 3.49. The van der Waals surface area contributed by atoms with E-state index >= 15 is 0 Å². The number of unbranched alkanes of at least 4 members (excludes halogenated alkanes) is 1. The Kier molecular flexibility index (Phi) is 6.25. The Bertz CT molecular complexity index is 240. The number of nitrogens with one attached hydrogen (secondary N) is 1. The smallest absolute Gasteiger partial charge is 0.139 e. The van der Waals surface area contributed by atoms with Crippen molar-refractivity contribution in [2.24, 2.45) is 10.9 Å². The van der Waals surface area contributed by atoms with Crippen LogP contribution in [0.1, 0.15) is 25.7 Å². The summed E-state index contributed by atoms with van der Waals surface area (Å²) in [6, 6.07) is 0. The highest BCUT2D eigenvalue weighted by molar-refractivity contribution is 5.79. The minimum Gasteiger partial charge on any atom is -0.409 e. The lowest BCUT2D eigenvalue weighted by Crippen LogP contribution is -2.43. The largest absolute Gasteiger partial charge is 0.409 e. The molecule has 0 saturated carbocycles. The van der Waals surface area contributed by atoms with Gasteiger partial charge in [0.1, 0.15) is 11.4 Å². The number of nitrogens with two attached hydrogens (primary N) is 1. The van der Waals surface area contributed by atoms with Crippen LogP contribution in [0.2, 0.25) is 0 Å². The molecule has 0 bridgehead atoms. The number of hydrogen-bond donors (Lipinski definition) is 3. The molecule has 0 aromatic rings. The minimum absolute atomic E-state index is 0.147. The second kappa shape index (κ2) is 7.47.